The van der Waals surface area contributed by atoms with Gasteiger partial charge in [0.15, 0.2) is 0 Å². The second-order valence-electron chi connectivity index (χ2n) is 6.78. The van der Waals surface area contributed by atoms with E-state index in [4.69, 9.17) is 0 Å². The minimum absolute atomic E-state index is 0.219. The van der Waals surface area contributed by atoms with Gasteiger partial charge in [0.1, 0.15) is 0 Å². The van der Waals surface area contributed by atoms with Gasteiger partial charge in [-0.25, -0.2) is 12.7 Å². The van der Waals surface area contributed by atoms with Crippen molar-refractivity contribution in [3.8, 4) is 0 Å². The number of piperidine rings is 1. The minimum atomic E-state index is -3.00. The van der Waals surface area contributed by atoms with Gasteiger partial charge >= 0.3 is 0 Å². The summed E-state index contributed by atoms with van der Waals surface area (Å²) in [6, 6.07) is 0.481. The summed E-state index contributed by atoms with van der Waals surface area (Å²) in [4.78, 5) is 0. The molecule has 2 unspecified atom stereocenters. The molecule has 0 amide bonds. The van der Waals surface area contributed by atoms with E-state index in [9.17, 15) is 8.42 Å². The molecule has 1 heterocycles. The Morgan fingerprint density at radius 2 is 2.00 bits per heavy atom. The van der Waals surface area contributed by atoms with E-state index < -0.39 is 10.0 Å². The van der Waals surface area contributed by atoms with E-state index in [0.717, 1.165) is 25.3 Å². The fourth-order valence-corrected chi connectivity index (χ4v) is 4.83. The Morgan fingerprint density at radius 3 is 2.57 bits per heavy atom. The molecule has 122 valence electrons. The largest absolute Gasteiger partial charge is 0.314 e. The monoisotopic (exact) mass is 314 g/mol. The molecule has 0 aromatic heterocycles. The summed E-state index contributed by atoms with van der Waals surface area (Å²) in [5.41, 5.74) is 1.52. The van der Waals surface area contributed by atoms with E-state index in [0.29, 0.717) is 25.0 Å². The first-order chi connectivity index (χ1) is 9.90. The third-order valence-electron chi connectivity index (χ3n) is 4.79. The molecule has 5 heteroatoms. The Bertz CT molecular complexity index is 465. The standard InChI is InChI=1S/C16H30N2O2S/c1-4-21(19,20)18-7-5-16(6-8-18)17-12-15-10-13(2)9-14(3)11-15/h9,13,15-17H,4-8,10-12H2,1-3H3. The highest BCUT2D eigenvalue weighted by molar-refractivity contribution is 7.89. The number of nitrogens with one attached hydrogen (secondary N) is 1. The molecule has 0 saturated carbocycles. The van der Waals surface area contributed by atoms with Crippen LogP contribution in [0.4, 0.5) is 0 Å². The highest BCUT2D eigenvalue weighted by Crippen LogP contribution is 2.27. The molecular formula is C16H30N2O2S. The maximum atomic E-state index is 11.8. The van der Waals surface area contributed by atoms with Crippen molar-refractivity contribution in [3.05, 3.63) is 11.6 Å². The van der Waals surface area contributed by atoms with Crippen LogP contribution in [0.5, 0.6) is 0 Å². The van der Waals surface area contributed by atoms with Gasteiger partial charge in [-0.15, -0.1) is 0 Å². The Balaban J connectivity index is 1.73. The lowest BCUT2D eigenvalue weighted by Gasteiger charge is -2.33. The lowest BCUT2D eigenvalue weighted by atomic mass is 9.83. The number of hydrogen-bond acceptors (Lipinski definition) is 3. The Morgan fingerprint density at radius 1 is 1.33 bits per heavy atom. The van der Waals surface area contributed by atoms with E-state index in [2.05, 4.69) is 25.2 Å². The zero-order valence-electron chi connectivity index (χ0n) is 13.6. The topological polar surface area (TPSA) is 49.4 Å². The summed E-state index contributed by atoms with van der Waals surface area (Å²) in [7, 11) is -3.00. The van der Waals surface area contributed by atoms with Gasteiger partial charge in [-0.1, -0.05) is 18.6 Å². The van der Waals surface area contributed by atoms with Crippen molar-refractivity contribution in [2.24, 2.45) is 11.8 Å². The van der Waals surface area contributed by atoms with Crippen LogP contribution in [0.2, 0.25) is 0 Å². The van der Waals surface area contributed by atoms with Crippen LogP contribution in [0.15, 0.2) is 11.6 Å². The predicted molar refractivity (Wildman–Crippen MR) is 87.7 cm³/mol. The van der Waals surface area contributed by atoms with Crippen LogP contribution in [0.25, 0.3) is 0 Å². The number of rotatable bonds is 5. The van der Waals surface area contributed by atoms with Gasteiger partial charge in [0.2, 0.25) is 10.0 Å². The molecule has 0 bridgehead atoms. The molecule has 1 fully saturated rings. The third-order valence-corrected chi connectivity index (χ3v) is 6.67. The zero-order chi connectivity index (χ0) is 15.5. The van der Waals surface area contributed by atoms with Crippen LogP contribution in [0.1, 0.15) is 46.5 Å². The van der Waals surface area contributed by atoms with Crippen molar-refractivity contribution in [2.45, 2.75) is 52.5 Å². The van der Waals surface area contributed by atoms with Gasteiger partial charge < -0.3 is 5.32 Å². The number of allylic oxidation sites excluding steroid dienone is 2. The summed E-state index contributed by atoms with van der Waals surface area (Å²) in [5.74, 6) is 1.65. The lowest BCUT2D eigenvalue weighted by molar-refractivity contribution is 0.271. The normalized spacial score (nSPS) is 29.4. The average molecular weight is 314 g/mol. The van der Waals surface area contributed by atoms with Crippen molar-refractivity contribution < 1.29 is 8.42 Å². The van der Waals surface area contributed by atoms with E-state index in [1.807, 2.05) is 0 Å². The molecule has 21 heavy (non-hydrogen) atoms. The summed E-state index contributed by atoms with van der Waals surface area (Å²) in [6.07, 6.45) is 6.76. The maximum Gasteiger partial charge on any atom is 0.213 e. The van der Waals surface area contributed by atoms with Crippen LogP contribution in [0, 0.1) is 11.8 Å². The second-order valence-corrected chi connectivity index (χ2v) is 9.04. The highest BCUT2D eigenvalue weighted by Gasteiger charge is 2.27. The molecule has 0 aromatic carbocycles. The van der Waals surface area contributed by atoms with Gasteiger partial charge in [-0.05, 0) is 57.9 Å². The Kier molecular flexibility index (Phi) is 5.86. The summed E-state index contributed by atoms with van der Waals surface area (Å²) in [6.45, 7) is 8.67. The van der Waals surface area contributed by atoms with Crippen LogP contribution < -0.4 is 5.32 Å². The molecule has 2 rings (SSSR count). The van der Waals surface area contributed by atoms with Crippen LogP contribution in [0.3, 0.4) is 0 Å². The van der Waals surface area contributed by atoms with E-state index in [-0.39, 0.29) is 5.75 Å². The molecule has 0 radical (unpaired) electrons. The SMILES string of the molecule is CCS(=O)(=O)N1CCC(NCC2CC(C)=CC(C)C2)CC1. The average Bonchev–Trinajstić information content (AvgIpc) is 2.44. The van der Waals surface area contributed by atoms with Gasteiger partial charge in [-0.3, -0.25) is 0 Å². The molecular weight excluding hydrogens is 284 g/mol. The smallest absolute Gasteiger partial charge is 0.213 e. The Labute approximate surface area is 130 Å². The minimum Gasteiger partial charge on any atom is -0.314 e. The summed E-state index contributed by atoms with van der Waals surface area (Å²) < 4.78 is 25.3. The van der Waals surface area contributed by atoms with Crippen molar-refractivity contribution in [1.82, 2.24) is 9.62 Å². The van der Waals surface area contributed by atoms with Gasteiger partial charge in [0.05, 0.1) is 5.75 Å². The Hall–Kier alpha value is -0.390. The number of sulfonamides is 1. The first-order valence-corrected chi connectivity index (χ1v) is 9.90. The highest BCUT2D eigenvalue weighted by atomic mass is 32.2. The van der Waals surface area contributed by atoms with E-state index in [1.54, 1.807) is 11.2 Å². The molecule has 4 nitrogen and oxygen atoms in total. The molecule has 1 aliphatic carbocycles. The molecule has 2 atom stereocenters. The van der Waals surface area contributed by atoms with E-state index >= 15 is 0 Å². The van der Waals surface area contributed by atoms with Crippen molar-refractivity contribution in [1.29, 1.82) is 0 Å². The quantitative estimate of drug-likeness (QED) is 0.793. The summed E-state index contributed by atoms with van der Waals surface area (Å²) in [5, 5.41) is 3.67. The number of hydrogen-bond donors (Lipinski definition) is 1. The van der Waals surface area contributed by atoms with Gasteiger partial charge in [-0.2, -0.15) is 0 Å². The molecule has 1 aliphatic heterocycles. The lowest BCUT2D eigenvalue weighted by Crippen LogP contribution is -2.46. The fraction of sp³-hybridized carbons (Fsp3) is 0.875. The van der Waals surface area contributed by atoms with Crippen molar-refractivity contribution in [2.75, 3.05) is 25.4 Å². The first kappa shape index (κ1) is 17.0. The number of nitrogens with zero attached hydrogens (tertiary/aromatic N) is 1. The van der Waals surface area contributed by atoms with Crippen molar-refractivity contribution >= 4 is 10.0 Å². The van der Waals surface area contributed by atoms with Crippen LogP contribution in [-0.2, 0) is 10.0 Å². The molecule has 0 aromatic rings. The van der Waals surface area contributed by atoms with Crippen LogP contribution >= 0.6 is 0 Å². The maximum absolute atomic E-state index is 11.8. The van der Waals surface area contributed by atoms with Crippen LogP contribution in [-0.4, -0.2) is 44.2 Å². The van der Waals surface area contributed by atoms with E-state index in [1.165, 1.54) is 18.4 Å². The van der Waals surface area contributed by atoms with Gasteiger partial charge in [0.25, 0.3) is 0 Å². The second kappa shape index (κ2) is 7.25. The van der Waals surface area contributed by atoms with Crippen molar-refractivity contribution in [3.63, 3.8) is 0 Å². The first-order valence-electron chi connectivity index (χ1n) is 8.29. The van der Waals surface area contributed by atoms with Gasteiger partial charge in [0, 0.05) is 19.1 Å². The molecule has 2 aliphatic rings. The predicted octanol–water partition coefficient (Wildman–Crippen LogP) is 2.38. The summed E-state index contributed by atoms with van der Waals surface area (Å²) >= 11 is 0. The molecule has 1 saturated heterocycles. The molecule has 0 spiro atoms. The zero-order valence-corrected chi connectivity index (χ0v) is 14.5. The molecule has 1 N–H and O–H groups in total. The fourth-order valence-electron chi connectivity index (χ4n) is 3.70. The third kappa shape index (κ3) is 4.80.